The van der Waals surface area contributed by atoms with Gasteiger partial charge in [0.25, 0.3) is 5.91 Å². The molecular formula is C24H21ClFN3O2. The van der Waals surface area contributed by atoms with E-state index in [4.69, 9.17) is 21.3 Å². The van der Waals surface area contributed by atoms with E-state index in [2.05, 4.69) is 5.32 Å². The third-order valence-corrected chi connectivity index (χ3v) is 5.43. The van der Waals surface area contributed by atoms with Gasteiger partial charge in [0, 0.05) is 29.1 Å². The largest absolute Gasteiger partial charge is 0.497 e. The van der Waals surface area contributed by atoms with Gasteiger partial charge in [0.1, 0.15) is 17.4 Å². The number of benzene rings is 3. The average Bonchev–Trinajstić information content (AvgIpc) is 3.13. The van der Waals surface area contributed by atoms with Crippen molar-refractivity contribution in [1.82, 2.24) is 14.9 Å². The molecule has 0 atom stereocenters. The predicted molar refractivity (Wildman–Crippen MR) is 119 cm³/mol. The Balaban J connectivity index is 1.55. The maximum Gasteiger partial charge on any atom is 0.251 e. The van der Waals surface area contributed by atoms with E-state index in [-0.39, 0.29) is 18.3 Å². The molecule has 3 aromatic carbocycles. The first-order valence-electron chi connectivity index (χ1n) is 9.86. The van der Waals surface area contributed by atoms with Crippen LogP contribution in [0.4, 0.5) is 4.39 Å². The molecule has 1 amide bonds. The topological polar surface area (TPSA) is 56.1 Å². The monoisotopic (exact) mass is 437 g/mol. The summed E-state index contributed by atoms with van der Waals surface area (Å²) in [6.45, 7) is 0.634. The minimum Gasteiger partial charge on any atom is -0.497 e. The number of aromatic nitrogens is 2. The lowest BCUT2D eigenvalue weighted by molar-refractivity contribution is 0.0953. The molecular weight excluding hydrogens is 417 g/mol. The Hall–Kier alpha value is -3.38. The summed E-state index contributed by atoms with van der Waals surface area (Å²) < 4.78 is 21.5. The van der Waals surface area contributed by atoms with E-state index in [0.29, 0.717) is 34.9 Å². The molecule has 0 saturated heterocycles. The van der Waals surface area contributed by atoms with Gasteiger partial charge in [0.2, 0.25) is 0 Å². The Bertz CT molecular complexity index is 1220. The van der Waals surface area contributed by atoms with Gasteiger partial charge < -0.3 is 14.6 Å². The highest BCUT2D eigenvalue weighted by Gasteiger charge is 2.15. The number of carbonyl (C=O) groups is 1. The van der Waals surface area contributed by atoms with Crippen LogP contribution in [0.5, 0.6) is 5.75 Å². The van der Waals surface area contributed by atoms with Gasteiger partial charge in [-0.25, -0.2) is 9.37 Å². The van der Waals surface area contributed by atoms with Gasteiger partial charge in [-0.15, -0.1) is 0 Å². The van der Waals surface area contributed by atoms with E-state index in [9.17, 15) is 9.18 Å². The number of amides is 1. The maximum absolute atomic E-state index is 14.4. The highest BCUT2D eigenvalue weighted by Crippen LogP contribution is 2.24. The molecule has 4 rings (SSSR count). The summed E-state index contributed by atoms with van der Waals surface area (Å²) in [6, 6.07) is 19.3. The number of para-hydroxylation sites is 2. The second kappa shape index (κ2) is 9.18. The molecule has 5 nitrogen and oxygen atoms in total. The molecule has 0 bridgehead atoms. The number of nitrogens with zero attached hydrogens (tertiary/aromatic N) is 2. The quantitative estimate of drug-likeness (QED) is 0.449. The van der Waals surface area contributed by atoms with E-state index < -0.39 is 0 Å². The number of ether oxygens (including phenoxy) is 1. The van der Waals surface area contributed by atoms with Crippen LogP contribution in [-0.2, 0) is 13.0 Å². The SMILES string of the molecule is COc1cccc(C(=O)NCCc2nc3ccccc3n2Cc2c(F)cccc2Cl)c1. The van der Waals surface area contributed by atoms with E-state index in [1.807, 2.05) is 28.8 Å². The number of hydrogen-bond acceptors (Lipinski definition) is 3. The molecule has 158 valence electrons. The number of hydrogen-bond donors (Lipinski definition) is 1. The zero-order valence-corrected chi connectivity index (χ0v) is 17.7. The second-order valence-electron chi connectivity index (χ2n) is 7.04. The van der Waals surface area contributed by atoms with Crippen LogP contribution in [0.25, 0.3) is 11.0 Å². The van der Waals surface area contributed by atoms with Crippen molar-refractivity contribution in [3.63, 3.8) is 0 Å². The summed E-state index contributed by atoms with van der Waals surface area (Å²) in [7, 11) is 1.56. The molecule has 0 radical (unpaired) electrons. The van der Waals surface area contributed by atoms with Crippen molar-refractivity contribution in [3.05, 3.63) is 94.5 Å². The molecule has 0 fully saturated rings. The van der Waals surface area contributed by atoms with Crippen LogP contribution < -0.4 is 10.1 Å². The normalized spacial score (nSPS) is 10.9. The molecule has 4 aromatic rings. The third kappa shape index (κ3) is 4.54. The van der Waals surface area contributed by atoms with Crippen LogP contribution in [0, 0.1) is 5.82 Å². The molecule has 0 spiro atoms. The Morgan fingerprint density at radius 3 is 2.74 bits per heavy atom. The first-order chi connectivity index (χ1) is 15.1. The lowest BCUT2D eigenvalue weighted by atomic mass is 10.2. The average molecular weight is 438 g/mol. The first kappa shape index (κ1) is 20.9. The number of halogens is 2. The van der Waals surface area contributed by atoms with Gasteiger partial charge in [-0.05, 0) is 42.5 Å². The van der Waals surface area contributed by atoms with Gasteiger partial charge in [-0.3, -0.25) is 4.79 Å². The summed E-state index contributed by atoms with van der Waals surface area (Å²) in [5.74, 6) is 0.809. The zero-order chi connectivity index (χ0) is 21.8. The molecule has 0 unspecified atom stereocenters. The zero-order valence-electron chi connectivity index (χ0n) is 16.9. The summed E-state index contributed by atoms with van der Waals surface area (Å²) >= 11 is 6.25. The van der Waals surface area contributed by atoms with E-state index in [0.717, 1.165) is 16.9 Å². The van der Waals surface area contributed by atoms with Gasteiger partial charge in [-0.1, -0.05) is 35.9 Å². The van der Waals surface area contributed by atoms with Gasteiger partial charge >= 0.3 is 0 Å². The van der Waals surface area contributed by atoms with Crippen LogP contribution in [0.2, 0.25) is 5.02 Å². The summed E-state index contributed by atoms with van der Waals surface area (Å²) in [5, 5.41) is 3.28. The van der Waals surface area contributed by atoms with Crippen molar-refractivity contribution in [2.45, 2.75) is 13.0 Å². The number of imidazole rings is 1. The fourth-order valence-electron chi connectivity index (χ4n) is 3.49. The molecule has 1 aromatic heterocycles. The van der Waals surface area contributed by atoms with E-state index in [1.165, 1.54) is 6.07 Å². The van der Waals surface area contributed by atoms with Gasteiger partial charge in [0.15, 0.2) is 0 Å². The number of fused-ring (bicyclic) bond motifs is 1. The van der Waals surface area contributed by atoms with Gasteiger partial charge in [-0.2, -0.15) is 0 Å². The smallest absolute Gasteiger partial charge is 0.251 e. The second-order valence-corrected chi connectivity index (χ2v) is 7.45. The predicted octanol–water partition coefficient (Wildman–Crippen LogP) is 4.86. The van der Waals surface area contributed by atoms with Crippen LogP contribution >= 0.6 is 11.6 Å². The Morgan fingerprint density at radius 1 is 1.13 bits per heavy atom. The lowest BCUT2D eigenvalue weighted by Crippen LogP contribution is -2.26. The highest BCUT2D eigenvalue weighted by atomic mass is 35.5. The van der Waals surface area contributed by atoms with E-state index >= 15 is 0 Å². The molecule has 7 heteroatoms. The number of nitrogens with one attached hydrogen (secondary N) is 1. The third-order valence-electron chi connectivity index (χ3n) is 5.08. The molecule has 0 aliphatic heterocycles. The van der Waals surface area contributed by atoms with Crippen LogP contribution in [0.3, 0.4) is 0 Å². The minimum absolute atomic E-state index is 0.196. The van der Waals surface area contributed by atoms with Crippen molar-refractivity contribution in [1.29, 1.82) is 0 Å². The number of rotatable bonds is 7. The Kier molecular flexibility index (Phi) is 6.18. The van der Waals surface area contributed by atoms with Crippen LogP contribution in [0.15, 0.2) is 66.7 Å². The summed E-state index contributed by atoms with van der Waals surface area (Å²) in [5.41, 5.74) is 2.63. The molecule has 1 N–H and O–H groups in total. The molecule has 0 saturated carbocycles. The van der Waals surface area contributed by atoms with Crippen molar-refractivity contribution >= 4 is 28.5 Å². The van der Waals surface area contributed by atoms with Crippen molar-refractivity contribution in [2.75, 3.05) is 13.7 Å². The standard InChI is InChI=1S/C24H21ClFN3O2/c1-31-17-7-4-6-16(14-17)24(30)27-13-12-23-28-21-10-2-3-11-22(21)29(23)15-18-19(25)8-5-9-20(18)26/h2-11,14H,12-13,15H2,1H3,(H,27,30). The fraction of sp³-hybridized carbons (Fsp3) is 0.167. The number of methoxy groups -OCH3 is 1. The van der Waals surface area contributed by atoms with Crippen LogP contribution in [-0.4, -0.2) is 29.1 Å². The minimum atomic E-state index is -0.359. The summed E-state index contributed by atoms with van der Waals surface area (Å²) in [4.78, 5) is 17.2. The maximum atomic E-state index is 14.4. The van der Waals surface area contributed by atoms with Gasteiger partial charge in [0.05, 0.1) is 24.7 Å². The Morgan fingerprint density at radius 2 is 1.94 bits per heavy atom. The fourth-order valence-corrected chi connectivity index (χ4v) is 3.71. The van der Waals surface area contributed by atoms with Crippen molar-refractivity contribution in [2.24, 2.45) is 0 Å². The van der Waals surface area contributed by atoms with E-state index in [1.54, 1.807) is 43.5 Å². The van der Waals surface area contributed by atoms with Crippen molar-refractivity contribution < 1.29 is 13.9 Å². The molecule has 1 heterocycles. The first-order valence-corrected chi connectivity index (χ1v) is 10.2. The van der Waals surface area contributed by atoms with Crippen molar-refractivity contribution in [3.8, 4) is 5.75 Å². The molecule has 0 aliphatic rings. The Labute approximate surface area is 184 Å². The van der Waals surface area contributed by atoms with Crippen LogP contribution in [0.1, 0.15) is 21.7 Å². The lowest BCUT2D eigenvalue weighted by Gasteiger charge is -2.12. The highest BCUT2D eigenvalue weighted by molar-refractivity contribution is 6.31. The summed E-state index contributed by atoms with van der Waals surface area (Å²) in [6.07, 6.45) is 0.483. The number of carbonyl (C=O) groups excluding carboxylic acids is 1. The molecule has 0 aliphatic carbocycles. The molecule has 31 heavy (non-hydrogen) atoms.